The van der Waals surface area contributed by atoms with Crippen LogP contribution in [0.1, 0.15) is 29.8 Å². The number of para-hydroxylation sites is 1. The third-order valence-electron chi connectivity index (χ3n) is 3.68. The Hall–Kier alpha value is -2.31. The molecule has 7 heteroatoms. The molecule has 0 aliphatic carbocycles. The molecule has 1 unspecified atom stereocenters. The zero-order chi connectivity index (χ0) is 19.8. The Morgan fingerprint density at radius 1 is 1.26 bits per heavy atom. The highest BCUT2D eigenvalue weighted by atomic mass is 35.5. The molecule has 0 spiro atoms. The summed E-state index contributed by atoms with van der Waals surface area (Å²) in [7, 11) is 0. The van der Waals surface area contributed by atoms with E-state index in [2.05, 4.69) is 10.6 Å². The molecular formula is C20H23ClN2O3S. The summed E-state index contributed by atoms with van der Waals surface area (Å²) >= 11 is 11.4. The number of hydrogen-bond donors (Lipinski definition) is 2. The van der Waals surface area contributed by atoms with E-state index >= 15 is 0 Å². The van der Waals surface area contributed by atoms with Crippen molar-refractivity contribution < 1.29 is 14.3 Å². The van der Waals surface area contributed by atoms with Crippen molar-refractivity contribution in [2.24, 2.45) is 0 Å². The molecule has 5 nitrogen and oxygen atoms in total. The molecule has 2 N–H and O–H groups in total. The smallest absolute Gasteiger partial charge is 0.339 e. The topological polar surface area (TPSA) is 59.6 Å². The van der Waals surface area contributed by atoms with Gasteiger partial charge in [0.2, 0.25) is 0 Å². The average Bonchev–Trinajstić information content (AvgIpc) is 2.62. The Labute approximate surface area is 170 Å². The van der Waals surface area contributed by atoms with Gasteiger partial charge in [0.15, 0.2) is 5.11 Å². The van der Waals surface area contributed by atoms with Crippen LogP contribution < -0.4 is 15.4 Å². The summed E-state index contributed by atoms with van der Waals surface area (Å²) in [5.41, 5.74) is 2.02. The molecule has 0 radical (unpaired) electrons. The van der Waals surface area contributed by atoms with Gasteiger partial charge >= 0.3 is 5.97 Å². The highest BCUT2D eigenvalue weighted by Crippen LogP contribution is 2.21. The van der Waals surface area contributed by atoms with E-state index in [4.69, 9.17) is 33.3 Å². The fourth-order valence-corrected chi connectivity index (χ4v) is 2.85. The summed E-state index contributed by atoms with van der Waals surface area (Å²) in [6, 6.07) is 12.8. The van der Waals surface area contributed by atoms with Crippen molar-refractivity contribution in [2.75, 3.05) is 18.5 Å². The van der Waals surface area contributed by atoms with Crippen molar-refractivity contribution in [3.63, 3.8) is 0 Å². The fraction of sp³-hybridized carbons (Fsp3) is 0.300. The predicted octanol–water partition coefficient (Wildman–Crippen LogP) is 4.58. The second-order valence-corrected chi connectivity index (χ2v) is 6.81. The van der Waals surface area contributed by atoms with Gasteiger partial charge in [0, 0.05) is 5.69 Å². The largest absolute Gasteiger partial charge is 0.491 e. The number of ether oxygens (including phenoxy) is 2. The van der Waals surface area contributed by atoms with Crippen molar-refractivity contribution in [1.82, 2.24) is 5.32 Å². The summed E-state index contributed by atoms with van der Waals surface area (Å²) in [5, 5.41) is 6.95. The summed E-state index contributed by atoms with van der Waals surface area (Å²) in [5.74, 6) is 0.381. The van der Waals surface area contributed by atoms with Gasteiger partial charge in [-0.05, 0) is 62.8 Å². The van der Waals surface area contributed by atoms with E-state index in [1.165, 1.54) is 0 Å². The Balaban J connectivity index is 1.90. The lowest BCUT2D eigenvalue weighted by Crippen LogP contribution is -2.39. The van der Waals surface area contributed by atoms with Gasteiger partial charge in [-0.2, -0.15) is 0 Å². The number of halogens is 1. The van der Waals surface area contributed by atoms with Crippen molar-refractivity contribution in [1.29, 1.82) is 0 Å². The number of rotatable bonds is 7. The lowest BCUT2D eigenvalue weighted by atomic mass is 10.2. The number of carbonyl (C=O) groups excluding carboxylic acids is 1. The highest BCUT2D eigenvalue weighted by molar-refractivity contribution is 7.80. The van der Waals surface area contributed by atoms with Crippen molar-refractivity contribution >= 4 is 40.6 Å². The van der Waals surface area contributed by atoms with Gasteiger partial charge in [0.25, 0.3) is 0 Å². The van der Waals surface area contributed by atoms with Crippen LogP contribution in [0.3, 0.4) is 0 Å². The molecule has 0 aliphatic heterocycles. The number of hydrogen-bond acceptors (Lipinski definition) is 4. The van der Waals surface area contributed by atoms with Crippen molar-refractivity contribution in [2.45, 2.75) is 26.8 Å². The first-order valence-electron chi connectivity index (χ1n) is 8.63. The molecule has 2 aromatic rings. The van der Waals surface area contributed by atoms with Crippen LogP contribution in [-0.4, -0.2) is 30.3 Å². The standard InChI is InChI=1S/C20H23ClN2O3S/c1-4-25-19(24)16-11-15(9-10-17(16)21)23-20(27)22-14(3)12-26-18-8-6-5-7-13(18)2/h5-11,14H,4,12H2,1-3H3,(H2,22,23,27). The Morgan fingerprint density at radius 3 is 2.70 bits per heavy atom. The summed E-state index contributed by atoms with van der Waals surface area (Å²) in [6.07, 6.45) is 0. The lowest BCUT2D eigenvalue weighted by molar-refractivity contribution is 0.0526. The molecule has 2 rings (SSSR count). The van der Waals surface area contributed by atoms with Gasteiger partial charge in [-0.3, -0.25) is 0 Å². The van der Waals surface area contributed by atoms with Gasteiger partial charge in [0.05, 0.1) is 23.2 Å². The van der Waals surface area contributed by atoms with Crippen LogP contribution in [0.5, 0.6) is 5.75 Å². The van der Waals surface area contributed by atoms with Crippen LogP contribution in [-0.2, 0) is 4.74 Å². The Bertz CT molecular complexity index is 814. The lowest BCUT2D eigenvalue weighted by Gasteiger charge is -2.18. The van der Waals surface area contributed by atoms with Gasteiger partial charge in [-0.25, -0.2) is 4.79 Å². The van der Waals surface area contributed by atoms with E-state index < -0.39 is 5.97 Å². The second kappa shape index (κ2) is 10.1. The molecule has 0 amide bonds. The molecule has 0 saturated carbocycles. The molecule has 0 bridgehead atoms. The van der Waals surface area contributed by atoms with Crippen LogP contribution in [0.4, 0.5) is 5.69 Å². The van der Waals surface area contributed by atoms with Crippen molar-refractivity contribution in [3.8, 4) is 5.75 Å². The average molecular weight is 407 g/mol. The van der Waals surface area contributed by atoms with Crippen LogP contribution in [0, 0.1) is 6.92 Å². The number of anilines is 1. The normalized spacial score (nSPS) is 11.4. The number of benzene rings is 2. The first kappa shape index (κ1) is 21.0. The summed E-state index contributed by atoms with van der Waals surface area (Å²) in [4.78, 5) is 11.9. The van der Waals surface area contributed by atoms with Gasteiger partial charge < -0.3 is 20.1 Å². The van der Waals surface area contributed by atoms with E-state index in [1.807, 2.05) is 38.1 Å². The second-order valence-electron chi connectivity index (χ2n) is 5.99. The maximum atomic E-state index is 11.9. The molecule has 0 aromatic heterocycles. The number of thiocarbonyl (C=S) groups is 1. The van der Waals surface area contributed by atoms with Crippen LogP contribution >= 0.6 is 23.8 Å². The van der Waals surface area contributed by atoms with Crippen LogP contribution in [0.25, 0.3) is 0 Å². The number of nitrogens with one attached hydrogen (secondary N) is 2. The van der Waals surface area contributed by atoms with E-state index in [0.29, 0.717) is 28.0 Å². The molecular weight excluding hydrogens is 384 g/mol. The minimum Gasteiger partial charge on any atom is -0.491 e. The maximum Gasteiger partial charge on any atom is 0.339 e. The molecule has 0 aliphatic rings. The zero-order valence-electron chi connectivity index (χ0n) is 15.5. The fourth-order valence-electron chi connectivity index (χ4n) is 2.33. The molecule has 2 aromatic carbocycles. The Morgan fingerprint density at radius 2 is 2.00 bits per heavy atom. The van der Waals surface area contributed by atoms with Crippen molar-refractivity contribution in [3.05, 3.63) is 58.6 Å². The maximum absolute atomic E-state index is 11.9. The number of aryl methyl sites for hydroxylation is 1. The van der Waals surface area contributed by atoms with E-state index in [0.717, 1.165) is 11.3 Å². The first-order chi connectivity index (χ1) is 12.9. The minimum absolute atomic E-state index is 0.0126. The molecule has 0 fully saturated rings. The minimum atomic E-state index is -0.468. The third kappa shape index (κ3) is 6.41. The van der Waals surface area contributed by atoms with Gasteiger partial charge in [0.1, 0.15) is 12.4 Å². The first-order valence-corrected chi connectivity index (χ1v) is 9.42. The molecule has 27 heavy (non-hydrogen) atoms. The Kier molecular flexibility index (Phi) is 7.88. The highest BCUT2D eigenvalue weighted by Gasteiger charge is 2.13. The van der Waals surface area contributed by atoms with Gasteiger partial charge in [-0.1, -0.05) is 29.8 Å². The van der Waals surface area contributed by atoms with Gasteiger partial charge in [-0.15, -0.1) is 0 Å². The van der Waals surface area contributed by atoms with E-state index in [9.17, 15) is 4.79 Å². The van der Waals surface area contributed by atoms with Crippen LogP contribution in [0.2, 0.25) is 5.02 Å². The predicted molar refractivity (Wildman–Crippen MR) is 113 cm³/mol. The molecule has 0 saturated heterocycles. The summed E-state index contributed by atoms with van der Waals surface area (Å²) < 4.78 is 10.8. The van der Waals surface area contributed by atoms with Crippen LogP contribution in [0.15, 0.2) is 42.5 Å². The summed E-state index contributed by atoms with van der Waals surface area (Å²) in [6.45, 7) is 6.46. The SMILES string of the molecule is CCOC(=O)c1cc(NC(=S)NC(C)COc2ccccc2C)ccc1Cl. The molecule has 1 atom stereocenters. The van der Waals surface area contributed by atoms with E-state index in [-0.39, 0.29) is 12.6 Å². The third-order valence-corrected chi connectivity index (χ3v) is 4.23. The quantitative estimate of drug-likeness (QED) is 0.518. The monoisotopic (exact) mass is 406 g/mol. The number of carbonyl (C=O) groups is 1. The molecule has 0 heterocycles. The molecule has 144 valence electrons. The van der Waals surface area contributed by atoms with E-state index in [1.54, 1.807) is 25.1 Å². The zero-order valence-corrected chi connectivity index (χ0v) is 17.1. The number of esters is 1.